The van der Waals surface area contributed by atoms with Crippen LogP contribution in [0.4, 0.5) is 4.79 Å². The number of alkyl carbamates (subject to hydrolysis) is 1. The minimum atomic E-state index is -0.931. The molecule has 0 radical (unpaired) electrons. The van der Waals surface area contributed by atoms with Gasteiger partial charge in [-0.3, -0.25) is 4.79 Å². The van der Waals surface area contributed by atoms with Crippen LogP contribution < -0.4 is 24.3 Å². The number of carbonyl (C=O) groups is 3. The lowest BCUT2D eigenvalue weighted by Gasteiger charge is -2.24. The molecule has 224 valence electrons. The zero-order valence-electron chi connectivity index (χ0n) is 25.1. The van der Waals surface area contributed by atoms with Gasteiger partial charge in [-0.1, -0.05) is 26.0 Å². The van der Waals surface area contributed by atoms with Crippen LogP contribution in [0.25, 0.3) is 0 Å². The van der Waals surface area contributed by atoms with Gasteiger partial charge in [0.2, 0.25) is 0 Å². The van der Waals surface area contributed by atoms with E-state index in [9.17, 15) is 14.4 Å². The Hall–Kier alpha value is -3.95. The van der Waals surface area contributed by atoms with Crippen LogP contribution in [0.3, 0.4) is 0 Å². The molecule has 1 saturated heterocycles. The van der Waals surface area contributed by atoms with Crippen LogP contribution in [0.1, 0.15) is 45.7 Å². The number of ether oxygens (including phenoxy) is 6. The summed E-state index contributed by atoms with van der Waals surface area (Å²) in [5, 5.41) is 2.59. The molecule has 3 atom stereocenters. The molecule has 1 N–H and O–H groups in total. The fourth-order valence-electron chi connectivity index (χ4n) is 4.65. The molecule has 0 saturated carbocycles. The van der Waals surface area contributed by atoms with Crippen LogP contribution in [0, 0.1) is 17.8 Å². The third-order valence-electron chi connectivity index (χ3n) is 6.74. The van der Waals surface area contributed by atoms with E-state index in [4.69, 9.17) is 28.4 Å². The Labute approximate surface area is 241 Å². The summed E-state index contributed by atoms with van der Waals surface area (Å²) < 4.78 is 32.6. The number of esters is 2. The average molecular weight is 572 g/mol. The number of hydrogen-bond donors (Lipinski definition) is 1. The molecule has 0 aromatic heterocycles. The first-order valence-corrected chi connectivity index (χ1v) is 13.6. The van der Waals surface area contributed by atoms with Gasteiger partial charge in [0, 0.05) is 5.92 Å². The van der Waals surface area contributed by atoms with Crippen LogP contribution in [0.5, 0.6) is 23.0 Å². The van der Waals surface area contributed by atoms with Crippen LogP contribution in [-0.4, -0.2) is 57.6 Å². The summed E-state index contributed by atoms with van der Waals surface area (Å²) in [6, 6.07) is 9.94. The highest BCUT2D eigenvalue weighted by molar-refractivity contribution is 5.83. The van der Waals surface area contributed by atoms with Crippen molar-refractivity contribution in [3.8, 4) is 23.0 Å². The largest absolute Gasteiger partial charge is 0.493 e. The van der Waals surface area contributed by atoms with E-state index in [0.717, 1.165) is 11.1 Å². The Kier molecular flexibility index (Phi) is 10.5. The summed E-state index contributed by atoms with van der Waals surface area (Å²) >= 11 is 0. The summed E-state index contributed by atoms with van der Waals surface area (Å²) in [5.41, 5.74) is 1.13. The number of carbonyl (C=O) groups excluding carboxylic acids is 3. The lowest BCUT2D eigenvalue weighted by Crippen LogP contribution is -2.48. The molecule has 1 aliphatic rings. The number of cyclic esters (lactones) is 1. The first-order chi connectivity index (χ1) is 19.3. The van der Waals surface area contributed by atoms with Crippen molar-refractivity contribution in [2.24, 2.45) is 17.8 Å². The smallest absolute Gasteiger partial charge is 0.408 e. The Morgan fingerprint density at radius 2 is 1.46 bits per heavy atom. The Bertz CT molecular complexity index is 1230. The minimum Gasteiger partial charge on any atom is -0.493 e. The molecule has 0 aliphatic carbocycles. The SMILES string of the molecule is COc1ccc(C[C@H]2COC(=O)[C@@H]2Cc2ccc(OC(=O)C(NC(=O)OC(C)(C)C)C(C)C)c(OC)c2)cc1OC. The number of nitrogens with one attached hydrogen (secondary N) is 1. The van der Waals surface area contributed by atoms with Gasteiger partial charge in [0.25, 0.3) is 0 Å². The van der Waals surface area contributed by atoms with Gasteiger partial charge in [-0.15, -0.1) is 0 Å². The van der Waals surface area contributed by atoms with Gasteiger partial charge in [-0.2, -0.15) is 0 Å². The normalized spacial score (nSPS) is 17.4. The minimum absolute atomic E-state index is 0.0326. The molecule has 2 aromatic rings. The third kappa shape index (κ3) is 8.52. The maximum atomic E-state index is 13.0. The number of benzene rings is 2. The van der Waals surface area contributed by atoms with Crippen LogP contribution in [0.15, 0.2) is 36.4 Å². The molecule has 1 unspecified atom stereocenters. The van der Waals surface area contributed by atoms with Crippen molar-refractivity contribution < 1.29 is 42.8 Å². The molecule has 3 rings (SSSR count). The second-order valence-electron chi connectivity index (χ2n) is 11.4. The lowest BCUT2D eigenvalue weighted by atomic mass is 9.85. The van der Waals surface area contributed by atoms with E-state index in [1.54, 1.807) is 67.0 Å². The molecule has 0 spiro atoms. The second kappa shape index (κ2) is 13.6. The van der Waals surface area contributed by atoms with E-state index >= 15 is 0 Å². The van der Waals surface area contributed by atoms with E-state index in [0.29, 0.717) is 36.7 Å². The molecule has 2 aromatic carbocycles. The first kappa shape index (κ1) is 31.6. The van der Waals surface area contributed by atoms with E-state index in [-0.39, 0.29) is 29.5 Å². The van der Waals surface area contributed by atoms with Crippen LogP contribution in [-0.2, 0) is 31.9 Å². The molecule has 0 bridgehead atoms. The molecule has 10 heteroatoms. The zero-order chi connectivity index (χ0) is 30.3. The fraction of sp³-hybridized carbons (Fsp3) is 0.516. The van der Waals surface area contributed by atoms with Gasteiger partial charge in [-0.25, -0.2) is 9.59 Å². The quantitative estimate of drug-likeness (QED) is 0.301. The molecular formula is C31H41NO9. The summed E-state index contributed by atoms with van der Waals surface area (Å²) in [4.78, 5) is 38.0. The maximum absolute atomic E-state index is 13.0. The monoisotopic (exact) mass is 571 g/mol. The predicted octanol–water partition coefficient (Wildman–Crippen LogP) is 4.74. The number of amides is 1. The van der Waals surface area contributed by atoms with E-state index in [1.165, 1.54) is 7.11 Å². The van der Waals surface area contributed by atoms with Gasteiger partial charge in [-0.05, 0) is 74.9 Å². The van der Waals surface area contributed by atoms with Crippen molar-refractivity contribution in [3.63, 3.8) is 0 Å². The number of rotatable bonds is 11. The average Bonchev–Trinajstić information content (AvgIpc) is 3.24. The van der Waals surface area contributed by atoms with Crippen molar-refractivity contribution >= 4 is 18.0 Å². The van der Waals surface area contributed by atoms with Gasteiger partial charge >= 0.3 is 18.0 Å². The molecule has 41 heavy (non-hydrogen) atoms. The summed E-state index contributed by atoms with van der Waals surface area (Å²) in [5.74, 6) is 0.259. The highest BCUT2D eigenvalue weighted by atomic mass is 16.6. The van der Waals surface area contributed by atoms with Crippen molar-refractivity contribution in [1.29, 1.82) is 0 Å². The number of hydrogen-bond acceptors (Lipinski definition) is 9. The third-order valence-corrected chi connectivity index (χ3v) is 6.74. The van der Waals surface area contributed by atoms with Gasteiger partial charge in [0.05, 0.1) is 33.9 Å². The lowest BCUT2D eigenvalue weighted by molar-refractivity contribution is -0.141. The molecule has 1 fully saturated rings. The van der Waals surface area contributed by atoms with E-state index in [2.05, 4.69) is 5.32 Å². The van der Waals surface area contributed by atoms with Gasteiger partial charge < -0.3 is 33.7 Å². The predicted molar refractivity (Wildman–Crippen MR) is 152 cm³/mol. The van der Waals surface area contributed by atoms with Crippen molar-refractivity contribution in [3.05, 3.63) is 47.5 Å². The molecule has 10 nitrogen and oxygen atoms in total. The Balaban J connectivity index is 1.72. The zero-order valence-corrected chi connectivity index (χ0v) is 25.1. The highest BCUT2D eigenvalue weighted by Gasteiger charge is 2.37. The topological polar surface area (TPSA) is 119 Å². The van der Waals surface area contributed by atoms with Crippen molar-refractivity contribution in [2.75, 3.05) is 27.9 Å². The van der Waals surface area contributed by atoms with E-state index in [1.807, 2.05) is 18.2 Å². The second-order valence-corrected chi connectivity index (χ2v) is 11.4. The summed E-state index contributed by atoms with van der Waals surface area (Å²) in [6.45, 7) is 9.14. The molecule has 1 amide bonds. The number of methoxy groups -OCH3 is 3. The highest BCUT2D eigenvalue weighted by Crippen LogP contribution is 2.35. The maximum Gasteiger partial charge on any atom is 0.408 e. The summed E-state index contributed by atoms with van der Waals surface area (Å²) in [7, 11) is 4.64. The molecule has 1 aliphatic heterocycles. The molecule has 1 heterocycles. The van der Waals surface area contributed by atoms with E-state index < -0.39 is 23.7 Å². The van der Waals surface area contributed by atoms with Crippen LogP contribution in [0.2, 0.25) is 0 Å². The molecular weight excluding hydrogens is 530 g/mol. The van der Waals surface area contributed by atoms with Gasteiger partial charge in [0.15, 0.2) is 23.0 Å². The fourth-order valence-corrected chi connectivity index (χ4v) is 4.65. The Morgan fingerprint density at radius 3 is 2.02 bits per heavy atom. The van der Waals surface area contributed by atoms with Crippen LogP contribution >= 0.6 is 0 Å². The first-order valence-electron chi connectivity index (χ1n) is 13.6. The standard InChI is InChI=1S/C31H41NO9/c1-18(2)27(32-30(35)41-31(3,4)5)29(34)40-24-12-10-20(16-26(24)38-8)14-22-21(17-39-28(22)33)13-19-9-11-23(36-6)25(15-19)37-7/h9-12,15-16,18,21-22,27H,13-14,17H2,1-8H3,(H,32,35)/t21-,22+,27?/m0/s1. The van der Waals surface area contributed by atoms with Gasteiger partial charge in [0.1, 0.15) is 11.6 Å². The van der Waals surface area contributed by atoms with Crippen molar-refractivity contribution in [2.45, 2.75) is 59.1 Å². The summed E-state index contributed by atoms with van der Waals surface area (Å²) in [6.07, 6.45) is 0.350. The Morgan fingerprint density at radius 1 is 0.902 bits per heavy atom. The van der Waals surface area contributed by atoms with Crippen molar-refractivity contribution in [1.82, 2.24) is 5.32 Å².